The van der Waals surface area contributed by atoms with Crippen LogP contribution in [0.15, 0.2) is 42.5 Å². The van der Waals surface area contributed by atoms with E-state index in [2.05, 4.69) is 15.3 Å². The van der Waals surface area contributed by atoms with Crippen molar-refractivity contribution < 1.29 is 23.1 Å². The van der Waals surface area contributed by atoms with Gasteiger partial charge in [0.15, 0.2) is 0 Å². The third-order valence-corrected chi connectivity index (χ3v) is 3.68. The van der Waals surface area contributed by atoms with Gasteiger partial charge in [-0.1, -0.05) is 23.8 Å². The molecule has 0 amide bonds. The largest absolute Gasteiger partial charge is 0.481 e. The predicted molar refractivity (Wildman–Crippen MR) is 90.3 cm³/mol. The van der Waals surface area contributed by atoms with Gasteiger partial charge in [-0.2, -0.15) is 13.2 Å². The van der Waals surface area contributed by atoms with Gasteiger partial charge in [0.2, 0.25) is 5.82 Å². The Hall–Kier alpha value is -3.16. The summed E-state index contributed by atoms with van der Waals surface area (Å²) in [7, 11) is 0. The van der Waals surface area contributed by atoms with Gasteiger partial charge in [-0.05, 0) is 36.8 Å². The minimum atomic E-state index is -4.67. The summed E-state index contributed by atoms with van der Waals surface area (Å²) in [6.45, 7) is 1.82. The second kappa shape index (κ2) is 6.62. The Morgan fingerprint density at radius 2 is 1.81 bits per heavy atom. The number of nitrogens with zero attached hydrogens (tertiary/aromatic N) is 2. The van der Waals surface area contributed by atoms with Crippen molar-refractivity contribution in [3.8, 4) is 0 Å². The molecule has 1 aromatic heterocycles. The fraction of sp³-hybridized carbons (Fsp3) is 0.167. The van der Waals surface area contributed by atoms with Crippen molar-refractivity contribution in [3.63, 3.8) is 0 Å². The number of anilines is 2. The first kappa shape index (κ1) is 17.7. The number of aryl methyl sites for hydroxylation is 1. The Kier molecular flexibility index (Phi) is 4.50. The lowest BCUT2D eigenvalue weighted by Crippen LogP contribution is -2.12. The summed E-state index contributed by atoms with van der Waals surface area (Å²) in [5.41, 5.74) is 2.12. The molecule has 0 aliphatic heterocycles. The van der Waals surface area contributed by atoms with E-state index in [-0.39, 0.29) is 17.8 Å². The molecule has 0 aliphatic carbocycles. The van der Waals surface area contributed by atoms with Crippen LogP contribution in [0, 0.1) is 6.92 Å². The van der Waals surface area contributed by atoms with Gasteiger partial charge in [0.05, 0.1) is 11.9 Å². The molecule has 3 rings (SSSR count). The molecular weight excluding hydrogens is 347 g/mol. The maximum absolute atomic E-state index is 13.1. The van der Waals surface area contributed by atoms with Gasteiger partial charge in [-0.3, -0.25) is 4.79 Å². The van der Waals surface area contributed by atoms with Crippen LogP contribution in [0.4, 0.5) is 24.7 Å². The van der Waals surface area contributed by atoms with Crippen molar-refractivity contribution in [3.05, 3.63) is 59.4 Å². The molecule has 8 heteroatoms. The molecule has 2 N–H and O–H groups in total. The summed E-state index contributed by atoms with van der Waals surface area (Å²) in [5.74, 6) is -2.14. The standard InChI is InChI=1S/C18H14F3N3O2/c1-10-2-7-14-13(8-10)16(24-17(23-14)18(19,20)21)22-12-5-3-11(4-6-12)9-15(25)26/h2-8H,9H2,1H3,(H,25,26)(H,22,23,24). The molecule has 0 radical (unpaired) electrons. The number of carboxylic acids is 1. The van der Waals surface area contributed by atoms with Gasteiger partial charge < -0.3 is 10.4 Å². The molecule has 3 aromatic rings. The highest BCUT2D eigenvalue weighted by molar-refractivity contribution is 5.91. The van der Waals surface area contributed by atoms with Crippen LogP contribution >= 0.6 is 0 Å². The van der Waals surface area contributed by atoms with E-state index in [0.29, 0.717) is 16.6 Å². The second-order valence-electron chi connectivity index (χ2n) is 5.81. The van der Waals surface area contributed by atoms with Gasteiger partial charge in [-0.15, -0.1) is 0 Å². The number of aromatic nitrogens is 2. The van der Waals surface area contributed by atoms with Crippen LogP contribution in [0.5, 0.6) is 0 Å². The summed E-state index contributed by atoms with van der Waals surface area (Å²) < 4.78 is 39.2. The number of fused-ring (bicyclic) bond motifs is 1. The lowest BCUT2D eigenvalue weighted by molar-refractivity contribution is -0.144. The molecule has 1 heterocycles. The van der Waals surface area contributed by atoms with Crippen LogP contribution in [-0.2, 0) is 17.4 Å². The minimum Gasteiger partial charge on any atom is -0.481 e. The molecule has 0 saturated carbocycles. The van der Waals surface area contributed by atoms with E-state index in [1.54, 1.807) is 36.4 Å². The van der Waals surface area contributed by atoms with Crippen molar-refractivity contribution in [2.24, 2.45) is 0 Å². The molecule has 5 nitrogen and oxygen atoms in total. The molecule has 0 atom stereocenters. The van der Waals surface area contributed by atoms with Gasteiger partial charge >= 0.3 is 12.1 Å². The maximum atomic E-state index is 13.1. The van der Waals surface area contributed by atoms with Crippen LogP contribution in [0.2, 0.25) is 0 Å². The van der Waals surface area contributed by atoms with Crippen LogP contribution in [-0.4, -0.2) is 21.0 Å². The molecule has 134 valence electrons. The molecule has 0 fully saturated rings. The Morgan fingerprint density at radius 3 is 2.42 bits per heavy atom. The number of aliphatic carboxylic acids is 1. The second-order valence-corrected chi connectivity index (χ2v) is 5.81. The summed E-state index contributed by atoms with van der Waals surface area (Å²) in [6, 6.07) is 11.3. The first-order valence-electron chi connectivity index (χ1n) is 7.66. The van der Waals surface area contributed by atoms with Crippen LogP contribution in [0.25, 0.3) is 10.9 Å². The van der Waals surface area contributed by atoms with Crippen LogP contribution in [0.1, 0.15) is 17.0 Å². The Balaban J connectivity index is 2.02. The van der Waals surface area contributed by atoms with E-state index >= 15 is 0 Å². The number of benzene rings is 2. The van der Waals surface area contributed by atoms with Gasteiger partial charge in [-0.25, -0.2) is 9.97 Å². The van der Waals surface area contributed by atoms with E-state index in [0.717, 1.165) is 5.56 Å². The van der Waals surface area contributed by atoms with E-state index in [9.17, 15) is 18.0 Å². The Morgan fingerprint density at radius 1 is 1.12 bits per heavy atom. The Labute approximate surface area is 146 Å². The van der Waals surface area contributed by atoms with Crippen molar-refractivity contribution in [1.82, 2.24) is 9.97 Å². The number of nitrogens with one attached hydrogen (secondary N) is 1. The van der Waals surface area contributed by atoms with Crippen LogP contribution in [0.3, 0.4) is 0 Å². The molecule has 26 heavy (non-hydrogen) atoms. The highest BCUT2D eigenvalue weighted by Crippen LogP contribution is 2.31. The summed E-state index contributed by atoms with van der Waals surface area (Å²) in [4.78, 5) is 17.9. The number of hydrogen-bond acceptors (Lipinski definition) is 4. The number of alkyl halides is 3. The van der Waals surface area contributed by atoms with Crippen molar-refractivity contribution in [2.45, 2.75) is 19.5 Å². The van der Waals surface area contributed by atoms with Crippen LogP contribution < -0.4 is 5.32 Å². The monoisotopic (exact) mass is 361 g/mol. The summed E-state index contributed by atoms with van der Waals surface area (Å²) >= 11 is 0. The fourth-order valence-electron chi connectivity index (χ4n) is 2.48. The summed E-state index contributed by atoms with van der Waals surface area (Å²) in [5, 5.41) is 12.1. The topological polar surface area (TPSA) is 75.1 Å². The van der Waals surface area contributed by atoms with Crippen molar-refractivity contribution in [1.29, 1.82) is 0 Å². The normalized spacial score (nSPS) is 11.5. The Bertz CT molecular complexity index is 970. The molecule has 2 aromatic carbocycles. The number of carboxylic acid groups (broad SMARTS) is 1. The SMILES string of the molecule is Cc1ccc2nc(C(F)(F)F)nc(Nc3ccc(CC(=O)O)cc3)c2c1. The number of rotatable bonds is 4. The smallest absolute Gasteiger partial charge is 0.451 e. The quantitative estimate of drug-likeness (QED) is 0.724. The lowest BCUT2D eigenvalue weighted by Gasteiger charge is -2.13. The van der Waals surface area contributed by atoms with Gasteiger partial charge in [0, 0.05) is 11.1 Å². The molecule has 0 bridgehead atoms. The molecular formula is C18H14F3N3O2. The zero-order chi connectivity index (χ0) is 18.9. The first-order chi connectivity index (χ1) is 12.2. The molecule has 0 spiro atoms. The predicted octanol–water partition coefficient (Wildman–Crippen LogP) is 4.33. The van der Waals surface area contributed by atoms with E-state index in [1.165, 1.54) is 6.07 Å². The number of hydrogen-bond donors (Lipinski definition) is 2. The van der Waals surface area contributed by atoms with Gasteiger partial charge in [0.1, 0.15) is 5.82 Å². The van der Waals surface area contributed by atoms with E-state index in [4.69, 9.17) is 5.11 Å². The van der Waals surface area contributed by atoms with E-state index in [1.807, 2.05) is 6.92 Å². The average molecular weight is 361 g/mol. The van der Waals surface area contributed by atoms with Crippen molar-refractivity contribution in [2.75, 3.05) is 5.32 Å². The fourth-order valence-corrected chi connectivity index (χ4v) is 2.48. The maximum Gasteiger partial charge on any atom is 0.451 e. The first-order valence-corrected chi connectivity index (χ1v) is 7.66. The van der Waals surface area contributed by atoms with E-state index < -0.39 is 18.0 Å². The zero-order valence-electron chi connectivity index (χ0n) is 13.6. The number of carbonyl (C=O) groups is 1. The highest BCUT2D eigenvalue weighted by atomic mass is 19.4. The minimum absolute atomic E-state index is 0.0389. The average Bonchev–Trinajstić information content (AvgIpc) is 2.55. The molecule has 0 saturated heterocycles. The van der Waals surface area contributed by atoms with Crippen molar-refractivity contribution >= 4 is 28.4 Å². The molecule has 0 aliphatic rings. The third-order valence-electron chi connectivity index (χ3n) is 3.68. The zero-order valence-corrected chi connectivity index (χ0v) is 13.6. The highest BCUT2D eigenvalue weighted by Gasteiger charge is 2.35. The number of halogens is 3. The lowest BCUT2D eigenvalue weighted by atomic mass is 10.1. The molecule has 0 unspecified atom stereocenters. The third kappa shape index (κ3) is 3.90. The summed E-state index contributed by atoms with van der Waals surface area (Å²) in [6.07, 6.45) is -4.80. The van der Waals surface area contributed by atoms with Gasteiger partial charge in [0.25, 0.3) is 0 Å².